The van der Waals surface area contributed by atoms with Gasteiger partial charge in [0.1, 0.15) is 13.2 Å². The molecular weight excluding hydrogens is 913 g/mol. The molecule has 0 aliphatic rings. The average Bonchev–Trinajstić information content (AvgIpc) is 3.40. The monoisotopic (exact) mass is 1030 g/mol. The normalized spacial score (nSPS) is 12.7. The first-order valence-electron chi connectivity index (χ1n) is 31.2. The summed E-state index contributed by atoms with van der Waals surface area (Å²) in [4.78, 5) is 38.2. The summed E-state index contributed by atoms with van der Waals surface area (Å²) in [6.07, 6.45) is 82.9. The van der Waals surface area contributed by atoms with E-state index in [0.717, 1.165) is 89.9 Å². The minimum absolute atomic E-state index is 0.110. The fourth-order valence-electron chi connectivity index (χ4n) is 8.64. The Hall–Kier alpha value is -3.67. The number of esters is 3. The van der Waals surface area contributed by atoms with E-state index in [-0.39, 0.29) is 31.6 Å². The predicted molar refractivity (Wildman–Crippen MR) is 320 cm³/mol. The fourth-order valence-corrected chi connectivity index (χ4v) is 8.64. The van der Waals surface area contributed by atoms with E-state index in [0.29, 0.717) is 19.3 Å². The SMILES string of the molecule is CC/C=C\C/C=C\C/C=C\C/C=C\C/C=C\C/C=C\CCC(=O)OC(COC(=O)CCCCCCC/C=C\CCCCC)COC(=O)CCCCCCCCCCCCCCC/C=C\CCCCCCCCCC. The first-order valence-corrected chi connectivity index (χ1v) is 31.2. The second-order valence-electron chi connectivity index (χ2n) is 20.6. The number of allylic oxidation sites excluding steroid dienone is 16. The minimum atomic E-state index is -0.822. The number of unbranched alkanes of at least 4 members (excludes halogenated alkanes) is 29. The Labute approximate surface area is 457 Å². The summed E-state index contributed by atoms with van der Waals surface area (Å²) < 4.78 is 16.8. The first kappa shape index (κ1) is 70.3. The van der Waals surface area contributed by atoms with Crippen LogP contribution in [0.5, 0.6) is 0 Å². The maximum Gasteiger partial charge on any atom is 0.306 e. The van der Waals surface area contributed by atoms with E-state index in [2.05, 4.69) is 112 Å². The third kappa shape index (κ3) is 59.2. The van der Waals surface area contributed by atoms with Crippen molar-refractivity contribution in [2.75, 3.05) is 13.2 Å². The van der Waals surface area contributed by atoms with Crippen LogP contribution in [0.15, 0.2) is 97.2 Å². The number of rotatable bonds is 56. The summed E-state index contributed by atoms with van der Waals surface area (Å²) in [5.74, 6) is -0.998. The van der Waals surface area contributed by atoms with Crippen molar-refractivity contribution in [1.82, 2.24) is 0 Å². The minimum Gasteiger partial charge on any atom is -0.462 e. The van der Waals surface area contributed by atoms with Crippen molar-refractivity contribution in [3.63, 3.8) is 0 Å². The van der Waals surface area contributed by atoms with Crippen LogP contribution in [-0.2, 0) is 28.6 Å². The van der Waals surface area contributed by atoms with E-state index in [1.165, 1.54) is 161 Å². The molecule has 0 aliphatic carbocycles. The maximum atomic E-state index is 12.8. The average molecular weight is 1030 g/mol. The molecule has 0 fully saturated rings. The van der Waals surface area contributed by atoms with Crippen LogP contribution >= 0.6 is 0 Å². The van der Waals surface area contributed by atoms with Crippen molar-refractivity contribution in [3.05, 3.63) is 97.2 Å². The molecule has 0 heterocycles. The molecule has 0 aliphatic heterocycles. The highest BCUT2D eigenvalue weighted by Gasteiger charge is 2.19. The van der Waals surface area contributed by atoms with E-state index in [1.54, 1.807) is 0 Å². The van der Waals surface area contributed by atoms with Gasteiger partial charge in [0.25, 0.3) is 0 Å². The van der Waals surface area contributed by atoms with Gasteiger partial charge in [-0.1, -0.05) is 266 Å². The Morgan fingerprint density at radius 3 is 0.905 bits per heavy atom. The van der Waals surface area contributed by atoms with Crippen molar-refractivity contribution in [3.8, 4) is 0 Å². The lowest BCUT2D eigenvalue weighted by Crippen LogP contribution is -2.30. The van der Waals surface area contributed by atoms with Crippen LogP contribution in [0.2, 0.25) is 0 Å². The quantitative estimate of drug-likeness (QED) is 0.0261. The van der Waals surface area contributed by atoms with Crippen LogP contribution < -0.4 is 0 Å². The Bertz CT molecular complexity index is 1460. The van der Waals surface area contributed by atoms with Gasteiger partial charge in [0.2, 0.25) is 0 Å². The molecule has 424 valence electrons. The van der Waals surface area contributed by atoms with Crippen molar-refractivity contribution < 1.29 is 28.6 Å². The van der Waals surface area contributed by atoms with Gasteiger partial charge in [-0.2, -0.15) is 0 Å². The van der Waals surface area contributed by atoms with Crippen LogP contribution in [-0.4, -0.2) is 37.2 Å². The highest BCUT2D eigenvalue weighted by Crippen LogP contribution is 2.16. The lowest BCUT2D eigenvalue weighted by atomic mass is 10.0. The largest absolute Gasteiger partial charge is 0.462 e. The van der Waals surface area contributed by atoms with E-state index in [9.17, 15) is 14.4 Å². The standard InChI is InChI=1S/C68H116O6/c1-4-7-10-13-16-19-22-25-27-29-31-32-33-34-35-36-38-39-41-43-46-49-52-55-58-61-67(70)73-64-65(63-72-66(69)60-57-54-51-48-45-24-21-18-15-12-9-6-3)74-68(71)62-59-56-53-50-47-44-42-40-37-30-28-26-23-20-17-14-11-8-5-2/h8,11,17-18,20-21,26,28-29,31,37,40,44,47,53,56,65H,4-7,9-10,12-16,19,22-25,27,30,32-36,38-39,41-43,45-46,48-52,54-55,57-64H2,1-3H3/b11-8-,20-17-,21-18-,28-26-,31-29-,40-37-,47-44-,56-53-. The Kier molecular flexibility index (Phi) is 58.8. The third-order valence-corrected chi connectivity index (χ3v) is 13.3. The molecule has 6 heteroatoms. The van der Waals surface area contributed by atoms with Crippen LogP contribution in [0.25, 0.3) is 0 Å². The van der Waals surface area contributed by atoms with E-state index < -0.39 is 12.1 Å². The Morgan fingerprint density at radius 1 is 0.284 bits per heavy atom. The van der Waals surface area contributed by atoms with Crippen LogP contribution in [0.1, 0.15) is 297 Å². The van der Waals surface area contributed by atoms with Crippen LogP contribution in [0.4, 0.5) is 0 Å². The van der Waals surface area contributed by atoms with Gasteiger partial charge in [-0.05, 0) is 109 Å². The summed E-state index contributed by atoms with van der Waals surface area (Å²) >= 11 is 0. The summed E-state index contributed by atoms with van der Waals surface area (Å²) in [5.41, 5.74) is 0. The van der Waals surface area contributed by atoms with E-state index in [4.69, 9.17) is 14.2 Å². The lowest BCUT2D eigenvalue weighted by molar-refractivity contribution is -0.166. The van der Waals surface area contributed by atoms with Crippen molar-refractivity contribution in [2.24, 2.45) is 0 Å². The molecule has 0 N–H and O–H groups in total. The lowest BCUT2D eigenvalue weighted by Gasteiger charge is -2.18. The smallest absolute Gasteiger partial charge is 0.306 e. The van der Waals surface area contributed by atoms with Gasteiger partial charge in [0, 0.05) is 19.3 Å². The molecule has 0 saturated carbocycles. The fraction of sp³-hybridized carbons (Fsp3) is 0.721. The number of ether oxygens (including phenoxy) is 3. The summed E-state index contributed by atoms with van der Waals surface area (Å²) in [6, 6.07) is 0. The van der Waals surface area contributed by atoms with Crippen molar-refractivity contribution in [1.29, 1.82) is 0 Å². The first-order chi connectivity index (χ1) is 36.5. The van der Waals surface area contributed by atoms with Gasteiger partial charge in [0.15, 0.2) is 6.10 Å². The Morgan fingerprint density at radius 2 is 0.554 bits per heavy atom. The molecule has 6 nitrogen and oxygen atoms in total. The Balaban J connectivity index is 4.37. The number of hydrogen-bond acceptors (Lipinski definition) is 6. The van der Waals surface area contributed by atoms with E-state index in [1.807, 2.05) is 6.08 Å². The van der Waals surface area contributed by atoms with Gasteiger partial charge >= 0.3 is 17.9 Å². The van der Waals surface area contributed by atoms with Gasteiger partial charge in [0.05, 0.1) is 0 Å². The highest BCUT2D eigenvalue weighted by molar-refractivity contribution is 5.71. The molecule has 0 aromatic rings. The highest BCUT2D eigenvalue weighted by atomic mass is 16.6. The zero-order valence-electron chi connectivity index (χ0n) is 48.6. The van der Waals surface area contributed by atoms with Crippen molar-refractivity contribution in [2.45, 2.75) is 303 Å². The molecule has 0 aromatic heterocycles. The molecule has 0 amide bonds. The molecule has 0 bridgehead atoms. The summed E-state index contributed by atoms with van der Waals surface area (Å²) in [7, 11) is 0. The molecular formula is C68H116O6. The van der Waals surface area contributed by atoms with Crippen LogP contribution in [0.3, 0.4) is 0 Å². The predicted octanol–water partition coefficient (Wildman–Crippen LogP) is 21.3. The zero-order chi connectivity index (χ0) is 53.6. The zero-order valence-corrected chi connectivity index (χ0v) is 48.6. The number of carbonyl (C=O) groups is 3. The second kappa shape index (κ2) is 61.9. The molecule has 1 atom stereocenters. The molecule has 0 saturated heterocycles. The van der Waals surface area contributed by atoms with Gasteiger partial charge in [-0.15, -0.1) is 0 Å². The second-order valence-corrected chi connectivity index (χ2v) is 20.6. The van der Waals surface area contributed by atoms with Gasteiger partial charge < -0.3 is 14.2 Å². The summed E-state index contributed by atoms with van der Waals surface area (Å²) in [5, 5.41) is 0. The number of carbonyl (C=O) groups excluding carboxylic acids is 3. The van der Waals surface area contributed by atoms with Crippen molar-refractivity contribution >= 4 is 17.9 Å². The van der Waals surface area contributed by atoms with Gasteiger partial charge in [-0.25, -0.2) is 0 Å². The van der Waals surface area contributed by atoms with Gasteiger partial charge in [-0.3, -0.25) is 14.4 Å². The topological polar surface area (TPSA) is 78.9 Å². The van der Waals surface area contributed by atoms with Crippen LogP contribution in [0, 0.1) is 0 Å². The number of hydrogen-bond donors (Lipinski definition) is 0. The maximum absolute atomic E-state index is 12.8. The third-order valence-electron chi connectivity index (χ3n) is 13.3. The molecule has 1 unspecified atom stereocenters. The van der Waals surface area contributed by atoms with E-state index >= 15 is 0 Å². The molecule has 0 aromatic carbocycles. The molecule has 0 rings (SSSR count). The molecule has 74 heavy (non-hydrogen) atoms. The summed E-state index contributed by atoms with van der Waals surface area (Å²) in [6.45, 7) is 6.45. The molecule has 0 radical (unpaired) electrons. The molecule has 0 spiro atoms.